The highest BCUT2D eigenvalue weighted by molar-refractivity contribution is 8.03. The molecular weight excluding hydrogens is 444 g/mol. The van der Waals surface area contributed by atoms with Crippen LogP contribution in [0.15, 0.2) is 62.3 Å². The third-order valence-electron chi connectivity index (χ3n) is 3.81. The first-order valence-electron chi connectivity index (χ1n) is 8.74. The number of hydrogen-bond acceptors (Lipinski definition) is 7. The maximum absolute atomic E-state index is 12.1. The van der Waals surface area contributed by atoms with Crippen LogP contribution in [-0.2, 0) is 10.5 Å². The molecule has 0 atom stereocenters. The number of thioether (sulfide) groups is 2. The fourth-order valence-corrected chi connectivity index (χ4v) is 5.30. The first-order chi connectivity index (χ1) is 14.0. The number of nitrogens with zero attached hydrogens (tertiary/aromatic N) is 3. The number of halogens is 1. The number of rotatable bonds is 8. The molecule has 5 nitrogen and oxygen atoms in total. The highest BCUT2D eigenvalue weighted by Crippen LogP contribution is 2.30. The van der Waals surface area contributed by atoms with Crippen molar-refractivity contribution in [3.63, 3.8) is 0 Å². The van der Waals surface area contributed by atoms with E-state index in [1.807, 2.05) is 18.2 Å². The van der Waals surface area contributed by atoms with Crippen molar-refractivity contribution in [3.05, 3.63) is 70.2 Å². The van der Waals surface area contributed by atoms with Crippen LogP contribution in [0.1, 0.15) is 23.6 Å². The molecule has 3 rings (SSSR count). The Bertz CT molecular complexity index is 1000. The fraction of sp³-hybridized carbons (Fsp3) is 0.200. The molecule has 2 aromatic carbocycles. The monoisotopic (exact) mass is 462 g/mol. The van der Waals surface area contributed by atoms with Gasteiger partial charge in [-0.25, -0.2) is 5.43 Å². The summed E-state index contributed by atoms with van der Waals surface area (Å²) in [4.78, 5) is 12.1. The Kier molecular flexibility index (Phi) is 8.11. The summed E-state index contributed by atoms with van der Waals surface area (Å²) in [5.41, 5.74) is 6.50. The summed E-state index contributed by atoms with van der Waals surface area (Å²) >= 11 is 10.6. The van der Waals surface area contributed by atoms with Crippen LogP contribution in [0.5, 0.6) is 0 Å². The van der Waals surface area contributed by atoms with E-state index in [-0.39, 0.29) is 11.7 Å². The van der Waals surface area contributed by atoms with E-state index in [0.717, 1.165) is 20.0 Å². The van der Waals surface area contributed by atoms with Crippen molar-refractivity contribution < 1.29 is 4.79 Å². The van der Waals surface area contributed by atoms with Crippen LogP contribution >= 0.6 is 46.5 Å². The Morgan fingerprint density at radius 3 is 2.52 bits per heavy atom. The Balaban J connectivity index is 1.45. The summed E-state index contributed by atoms with van der Waals surface area (Å²) in [7, 11) is 0. The van der Waals surface area contributed by atoms with Crippen LogP contribution in [-0.4, -0.2) is 27.6 Å². The largest absolute Gasteiger partial charge is 0.272 e. The summed E-state index contributed by atoms with van der Waals surface area (Å²) < 4.78 is 1.65. The van der Waals surface area contributed by atoms with Gasteiger partial charge in [-0.05, 0) is 25.5 Å². The lowest BCUT2D eigenvalue weighted by Crippen LogP contribution is -2.21. The molecule has 0 fully saturated rings. The Hall–Kier alpha value is -1.87. The molecule has 0 aliphatic carbocycles. The minimum atomic E-state index is -0.203. The molecule has 0 aliphatic heterocycles. The minimum absolute atomic E-state index is 0.203. The van der Waals surface area contributed by atoms with Crippen molar-refractivity contribution in [1.82, 2.24) is 15.6 Å². The van der Waals surface area contributed by atoms with Gasteiger partial charge < -0.3 is 0 Å². The van der Waals surface area contributed by atoms with Gasteiger partial charge in [0.2, 0.25) is 0 Å². The third kappa shape index (κ3) is 6.85. The first-order valence-corrected chi connectivity index (χ1v) is 11.9. The summed E-state index contributed by atoms with van der Waals surface area (Å²) in [5, 5.41) is 13.1. The topological polar surface area (TPSA) is 67.2 Å². The van der Waals surface area contributed by atoms with Gasteiger partial charge in [0, 0.05) is 16.3 Å². The van der Waals surface area contributed by atoms with E-state index >= 15 is 0 Å². The van der Waals surface area contributed by atoms with Crippen LogP contribution in [0.2, 0.25) is 5.02 Å². The number of carbonyl (C=O) groups is 1. The Morgan fingerprint density at radius 1 is 1.10 bits per heavy atom. The summed E-state index contributed by atoms with van der Waals surface area (Å²) in [5.74, 6) is 0.859. The van der Waals surface area contributed by atoms with Crippen molar-refractivity contribution in [2.75, 3.05) is 5.75 Å². The zero-order valence-corrected chi connectivity index (χ0v) is 19.1. The van der Waals surface area contributed by atoms with Crippen molar-refractivity contribution >= 4 is 58.1 Å². The van der Waals surface area contributed by atoms with E-state index in [0.29, 0.717) is 10.7 Å². The molecule has 1 N–H and O–H groups in total. The number of benzene rings is 2. The zero-order valence-electron chi connectivity index (χ0n) is 15.9. The number of nitrogens with one attached hydrogen (secondary N) is 1. The molecular formula is C20H19ClN4OS3. The second-order valence-electron chi connectivity index (χ2n) is 6.11. The number of hydrogen-bond donors (Lipinski definition) is 1. The van der Waals surface area contributed by atoms with Crippen LogP contribution in [0.4, 0.5) is 0 Å². The highest BCUT2D eigenvalue weighted by Gasteiger charge is 2.09. The number of aromatic nitrogens is 2. The van der Waals surface area contributed by atoms with Crippen LogP contribution in [0, 0.1) is 6.92 Å². The molecule has 9 heteroatoms. The zero-order chi connectivity index (χ0) is 20.6. The van der Waals surface area contributed by atoms with E-state index < -0.39 is 0 Å². The predicted molar refractivity (Wildman–Crippen MR) is 123 cm³/mol. The van der Waals surface area contributed by atoms with E-state index in [9.17, 15) is 4.79 Å². The number of aryl methyl sites for hydroxylation is 1. The van der Waals surface area contributed by atoms with Crippen LogP contribution in [0.3, 0.4) is 0 Å². The summed E-state index contributed by atoms with van der Waals surface area (Å²) in [6.07, 6.45) is 0. The summed E-state index contributed by atoms with van der Waals surface area (Å²) in [6, 6.07) is 15.8. The molecule has 0 saturated carbocycles. The van der Waals surface area contributed by atoms with Gasteiger partial charge in [0.1, 0.15) is 0 Å². The average molecular weight is 463 g/mol. The molecule has 3 aromatic rings. The first kappa shape index (κ1) is 21.8. The lowest BCUT2D eigenvalue weighted by atomic mass is 10.1. The third-order valence-corrected chi connectivity index (χ3v) is 7.40. The predicted octanol–water partition coefficient (Wildman–Crippen LogP) is 5.42. The number of amides is 1. The molecule has 1 amide bonds. The lowest BCUT2D eigenvalue weighted by Gasteiger charge is -2.04. The SMILES string of the molecule is C/C(=N/NC(=O)CSc1nnc(SCc2ccc(C)cc2)s1)c1ccccc1Cl. The second kappa shape index (κ2) is 10.8. The molecule has 0 bridgehead atoms. The van der Waals surface area contributed by atoms with Crippen molar-refractivity contribution in [2.24, 2.45) is 5.10 Å². The maximum atomic E-state index is 12.1. The number of hydrazone groups is 1. The molecule has 0 radical (unpaired) electrons. The molecule has 1 aromatic heterocycles. The van der Waals surface area contributed by atoms with Gasteiger partial charge in [-0.1, -0.05) is 94.5 Å². The molecule has 0 spiro atoms. The van der Waals surface area contributed by atoms with E-state index in [4.69, 9.17) is 11.6 Å². The van der Waals surface area contributed by atoms with Gasteiger partial charge in [0.05, 0.1) is 11.5 Å². The maximum Gasteiger partial charge on any atom is 0.250 e. The molecule has 0 aliphatic rings. The van der Waals surface area contributed by atoms with Crippen LogP contribution in [0.25, 0.3) is 0 Å². The Labute approximate surface area is 187 Å². The van der Waals surface area contributed by atoms with Gasteiger partial charge >= 0.3 is 0 Å². The van der Waals surface area contributed by atoms with Gasteiger partial charge in [-0.2, -0.15) is 5.10 Å². The normalized spacial score (nSPS) is 11.5. The number of carbonyl (C=O) groups excluding carboxylic acids is 1. The summed E-state index contributed by atoms with van der Waals surface area (Å²) in [6.45, 7) is 3.88. The molecule has 0 unspecified atom stereocenters. The van der Waals surface area contributed by atoms with Crippen LogP contribution < -0.4 is 5.43 Å². The van der Waals surface area contributed by atoms with Gasteiger partial charge in [0.25, 0.3) is 5.91 Å². The smallest absolute Gasteiger partial charge is 0.250 e. The molecule has 1 heterocycles. The van der Waals surface area contributed by atoms with Gasteiger partial charge in [-0.3, -0.25) is 4.79 Å². The lowest BCUT2D eigenvalue weighted by molar-refractivity contribution is -0.118. The second-order valence-corrected chi connectivity index (χ2v) is 9.94. The molecule has 150 valence electrons. The Morgan fingerprint density at radius 2 is 1.79 bits per heavy atom. The van der Waals surface area contributed by atoms with Gasteiger partial charge in [0.15, 0.2) is 8.68 Å². The van der Waals surface area contributed by atoms with Crippen molar-refractivity contribution in [1.29, 1.82) is 0 Å². The molecule has 29 heavy (non-hydrogen) atoms. The average Bonchev–Trinajstić information content (AvgIpc) is 3.18. The molecule has 0 saturated heterocycles. The quantitative estimate of drug-likeness (QED) is 0.275. The fourth-order valence-electron chi connectivity index (χ4n) is 2.26. The highest BCUT2D eigenvalue weighted by atomic mass is 35.5. The van der Waals surface area contributed by atoms with Crippen molar-refractivity contribution in [2.45, 2.75) is 28.3 Å². The minimum Gasteiger partial charge on any atom is -0.272 e. The van der Waals surface area contributed by atoms with E-state index in [2.05, 4.69) is 51.9 Å². The van der Waals surface area contributed by atoms with E-state index in [1.54, 1.807) is 24.8 Å². The van der Waals surface area contributed by atoms with Crippen molar-refractivity contribution in [3.8, 4) is 0 Å². The standard InChI is InChI=1S/C20H19ClN4OS3/c1-13-7-9-15(10-8-13)11-27-19-24-25-20(29-19)28-12-18(26)23-22-14(2)16-5-3-4-6-17(16)21/h3-10H,11-12H2,1-2H3,(H,23,26)/b22-14-. The van der Waals surface area contributed by atoms with E-state index in [1.165, 1.54) is 34.2 Å². The van der Waals surface area contributed by atoms with Gasteiger partial charge in [-0.15, -0.1) is 10.2 Å².